The maximum Gasteiger partial charge on any atom is 0.319 e. The monoisotopic (exact) mass is 620 g/mol. The van der Waals surface area contributed by atoms with Gasteiger partial charge in [-0.1, -0.05) is 35.9 Å². The first kappa shape index (κ1) is 29.3. The van der Waals surface area contributed by atoms with Gasteiger partial charge in [-0.3, -0.25) is 4.90 Å². The number of rotatable bonds is 9. The van der Waals surface area contributed by atoms with Crippen LogP contribution in [0.25, 0.3) is 32.1 Å². The van der Waals surface area contributed by atoms with E-state index in [0.29, 0.717) is 30.9 Å². The van der Waals surface area contributed by atoms with E-state index in [-0.39, 0.29) is 53.9 Å². The normalized spacial score (nSPS) is 16.3. The number of nitrogen functional groups attached to an aromatic ring is 1. The number of thiophene rings is 1. The maximum atomic E-state index is 16.8. The molecule has 2 aliphatic rings. The predicted octanol–water partition coefficient (Wildman–Crippen LogP) is 7.47. The second-order valence-corrected chi connectivity index (χ2v) is 12.5. The minimum absolute atomic E-state index is 0.00384. The van der Waals surface area contributed by atoms with Crippen molar-refractivity contribution in [3.8, 4) is 23.2 Å². The van der Waals surface area contributed by atoms with Crippen molar-refractivity contribution in [1.82, 2.24) is 14.9 Å². The van der Waals surface area contributed by atoms with Crippen LogP contribution in [0.5, 0.6) is 6.01 Å². The number of benzene rings is 2. The highest BCUT2D eigenvalue weighted by Gasteiger charge is 2.45. The molecule has 0 unspecified atom stereocenters. The molecule has 7 nitrogen and oxygen atoms in total. The van der Waals surface area contributed by atoms with E-state index in [1.807, 2.05) is 30.0 Å². The largest absolute Gasteiger partial charge is 0.461 e. The van der Waals surface area contributed by atoms with E-state index in [1.54, 1.807) is 12.1 Å². The van der Waals surface area contributed by atoms with E-state index in [4.69, 9.17) is 27.1 Å². The summed E-state index contributed by atoms with van der Waals surface area (Å²) in [5.74, 6) is -0.811. The first-order valence-corrected chi connectivity index (χ1v) is 15.5. The molecule has 0 bridgehead atoms. The molecule has 2 saturated heterocycles. The van der Waals surface area contributed by atoms with Crippen molar-refractivity contribution in [1.29, 1.82) is 5.26 Å². The molecule has 43 heavy (non-hydrogen) atoms. The van der Waals surface area contributed by atoms with Gasteiger partial charge in [0.1, 0.15) is 34.8 Å². The highest BCUT2D eigenvalue weighted by atomic mass is 35.5. The van der Waals surface area contributed by atoms with Gasteiger partial charge in [0.2, 0.25) is 0 Å². The molecule has 0 spiro atoms. The van der Waals surface area contributed by atoms with Gasteiger partial charge in [-0.2, -0.15) is 15.2 Å². The van der Waals surface area contributed by atoms with Crippen LogP contribution in [0.15, 0.2) is 43.0 Å². The lowest BCUT2D eigenvalue weighted by atomic mass is 9.95. The molecule has 4 heterocycles. The number of halogens is 3. The van der Waals surface area contributed by atoms with E-state index in [0.717, 1.165) is 50.1 Å². The number of allylic oxidation sites excluding steroid dienone is 1. The number of hydrogen-bond acceptors (Lipinski definition) is 8. The fourth-order valence-corrected chi connectivity index (χ4v) is 7.76. The zero-order chi connectivity index (χ0) is 30.3. The van der Waals surface area contributed by atoms with Gasteiger partial charge in [-0.05, 0) is 63.4 Å². The van der Waals surface area contributed by atoms with Crippen LogP contribution in [-0.2, 0) is 0 Å². The number of nitriles is 1. The highest BCUT2D eigenvalue weighted by molar-refractivity contribution is 7.23. The molecule has 0 atom stereocenters. The molecule has 2 N–H and O–H groups in total. The maximum absolute atomic E-state index is 16.8. The van der Waals surface area contributed by atoms with Crippen molar-refractivity contribution in [2.45, 2.75) is 38.1 Å². The zero-order valence-electron chi connectivity index (χ0n) is 23.8. The Morgan fingerprint density at radius 2 is 2.02 bits per heavy atom. The Labute approximate surface area is 257 Å². The van der Waals surface area contributed by atoms with Crippen LogP contribution >= 0.6 is 22.9 Å². The van der Waals surface area contributed by atoms with Crippen LogP contribution in [0.2, 0.25) is 5.02 Å². The minimum atomic E-state index is -0.719. The van der Waals surface area contributed by atoms with Crippen molar-refractivity contribution in [2.24, 2.45) is 0 Å². The Balaban J connectivity index is 1.55. The molecule has 0 saturated carbocycles. The summed E-state index contributed by atoms with van der Waals surface area (Å²) in [6.45, 7) is 9.25. The van der Waals surface area contributed by atoms with Gasteiger partial charge >= 0.3 is 6.01 Å². The van der Waals surface area contributed by atoms with Crippen molar-refractivity contribution in [2.75, 3.05) is 43.4 Å². The van der Waals surface area contributed by atoms with Crippen LogP contribution in [0.3, 0.4) is 0 Å². The second kappa shape index (κ2) is 11.7. The predicted molar refractivity (Wildman–Crippen MR) is 170 cm³/mol. The minimum Gasteiger partial charge on any atom is -0.461 e. The lowest BCUT2D eigenvalue weighted by Gasteiger charge is -2.31. The molecule has 2 fully saturated rings. The average Bonchev–Trinajstić information content (AvgIpc) is 3.68. The van der Waals surface area contributed by atoms with Gasteiger partial charge < -0.3 is 15.4 Å². The van der Waals surface area contributed by atoms with Gasteiger partial charge in [0, 0.05) is 29.4 Å². The summed E-state index contributed by atoms with van der Waals surface area (Å²) >= 11 is 7.75. The quantitative estimate of drug-likeness (QED) is 0.194. The van der Waals surface area contributed by atoms with Crippen LogP contribution in [0.1, 0.15) is 38.2 Å². The second-order valence-electron chi connectivity index (χ2n) is 11.0. The third-order valence-corrected chi connectivity index (χ3v) is 9.86. The summed E-state index contributed by atoms with van der Waals surface area (Å²) in [7, 11) is 0. The van der Waals surface area contributed by atoms with E-state index >= 15 is 4.39 Å². The third kappa shape index (κ3) is 4.99. The molecule has 0 aliphatic carbocycles. The molecular formula is C32H31ClF2N6OS. The highest BCUT2D eigenvalue weighted by Crippen LogP contribution is 2.46. The number of ether oxygens (including phenoxy) is 1. The Bertz CT molecular complexity index is 1810. The third-order valence-electron chi connectivity index (χ3n) is 8.53. The van der Waals surface area contributed by atoms with Crippen LogP contribution in [0.4, 0.5) is 19.6 Å². The number of hydrogen-bond donors (Lipinski definition) is 1. The first-order valence-electron chi connectivity index (χ1n) is 14.3. The fourth-order valence-electron chi connectivity index (χ4n) is 6.52. The molecular weight excluding hydrogens is 590 g/mol. The number of nitrogens with zero attached hydrogens (tertiary/aromatic N) is 5. The standard InChI is InChI=1S/C32H31ClF2N6OS/c1-3-5-13-40(12-4-2)30-20-16-22(33)25(19-8-9-23(34)28-24(19)21(17-36)29(37)43-28)26(35)27(20)38-31(39-30)42-18-32-10-6-14-41(32)15-7-11-32/h3-5,8-9,16H,2,6-7,10-15,18,37H2,1H3/b5-3-. The lowest BCUT2D eigenvalue weighted by molar-refractivity contribution is 0.108. The molecule has 2 aliphatic heterocycles. The topological polar surface area (TPSA) is 91.3 Å². The van der Waals surface area contributed by atoms with Gasteiger partial charge in [0.05, 0.1) is 20.8 Å². The van der Waals surface area contributed by atoms with E-state index in [1.165, 1.54) is 12.1 Å². The summed E-state index contributed by atoms with van der Waals surface area (Å²) in [4.78, 5) is 13.8. The number of nitrogens with two attached hydrogens (primary N) is 1. The van der Waals surface area contributed by atoms with Crippen molar-refractivity contribution in [3.63, 3.8) is 0 Å². The summed E-state index contributed by atoms with van der Waals surface area (Å²) in [5, 5.41) is 10.7. The fraction of sp³-hybridized carbons (Fsp3) is 0.344. The van der Waals surface area contributed by atoms with Crippen LogP contribution in [0, 0.1) is 23.0 Å². The SMILES string of the molecule is C=CCN(C/C=C\C)c1nc(OCC23CCCN2CCC3)nc2c(F)c(-c3ccc(F)c4sc(N)c(C#N)c34)c(Cl)cc12. The first-order chi connectivity index (χ1) is 20.8. The summed E-state index contributed by atoms with van der Waals surface area (Å²) < 4.78 is 38.1. The van der Waals surface area contributed by atoms with Crippen molar-refractivity contribution >= 4 is 54.7 Å². The van der Waals surface area contributed by atoms with Crippen LogP contribution in [-0.4, -0.2) is 53.2 Å². The molecule has 0 amide bonds. The molecule has 4 aromatic rings. The summed E-state index contributed by atoms with van der Waals surface area (Å²) in [6, 6.07) is 6.37. The van der Waals surface area contributed by atoms with Gasteiger partial charge in [0.25, 0.3) is 0 Å². The van der Waals surface area contributed by atoms with Gasteiger partial charge in [0.15, 0.2) is 5.82 Å². The van der Waals surface area contributed by atoms with Crippen molar-refractivity contribution in [3.05, 3.63) is 65.2 Å². The lowest BCUT2D eigenvalue weighted by Crippen LogP contribution is -2.43. The molecule has 222 valence electrons. The van der Waals surface area contributed by atoms with E-state index < -0.39 is 11.6 Å². The smallest absolute Gasteiger partial charge is 0.319 e. The molecule has 2 aromatic heterocycles. The van der Waals surface area contributed by atoms with Crippen LogP contribution < -0.4 is 15.4 Å². The number of fused-ring (bicyclic) bond motifs is 3. The molecule has 6 rings (SSSR count). The molecule has 2 aromatic carbocycles. The Morgan fingerprint density at radius 1 is 1.26 bits per heavy atom. The van der Waals surface area contributed by atoms with E-state index in [9.17, 15) is 9.65 Å². The summed E-state index contributed by atoms with van der Waals surface area (Å²) in [6.07, 6.45) is 9.95. The average molecular weight is 621 g/mol. The van der Waals surface area contributed by atoms with Gasteiger partial charge in [-0.25, -0.2) is 8.78 Å². The number of aromatic nitrogens is 2. The molecule has 0 radical (unpaired) electrons. The van der Waals surface area contributed by atoms with Gasteiger partial charge in [-0.15, -0.1) is 17.9 Å². The Kier molecular flexibility index (Phi) is 7.98. The Hall–Kier alpha value is -3.78. The molecule has 11 heteroatoms. The Morgan fingerprint density at radius 3 is 2.72 bits per heavy atom. The zero-order valence-corrected chi connectivity index (χ0v) is 25.4. The van der Waals surface area contributed by atoms with Crippen molar-refractivity contribution < 1.29 is 13.5 Å². The number of anilines is 2. The summed E-state index contributed by atoms with van der Waals surface area (Å²) in [5.41, 5.74) is 6.36. The van der Waals surface area contributed by atoms with E-state index in [2.05, 4.69) is 16.5 Å².